The zero-order valence-electron chi connectivity index (χ0n) is 19.6. The molecule has 1 saturated heterocycles. The average Bonchev–Trinajstić information content (AvgIpc) is 2.65. The topological polar surface area (TPSA) is 89.9 Å². The Morgan fingerprint density at radius 3 is 2.40 bits per heavy atom. The largest absolute Gasteiger partial charge is 0.481 e. The molecule has 1 N–H and O–H groups in total. The second-order valence-electron chi connectivity index (χ2n) is 9.79. The van der Waals surface area contributed by atoms with Crippen LogP contribution in [0.5, 0.6) is 0 Å². The SMILES string of the molecule is CC(=O)CCCC(C)(C)C(=O)CC/C(C)=C/CC[C@]1(C)CC[C@@H]([C@@H](C)C(=O)O)OO1. The molecule has 0 amide bonds. The smallest absolute Gasteiger partial charge is 0.308 e. The van der Waals surface area contributed by atoms with Gasteiger partial charge in [0, 0.05) is 18.3 Å². The molecule has 0 spiro atoms. The second-order valence-corrected chi connectivity index (χ2v) is 9.79. The van der Waals surface area contributed by atoms with Crippen molar-refractivity contribution in [2.75, 3.05) is 0 Å². The fourth-order valence-electron chi connectivity index (χ4n) is 3.67. The molecular weight excluding hydrogens is 384 g/mol. The standard InChI is InChI=1S/C24H40O6/c1-17(11-12-21(26)23(4,5)14-8-10-18(2)25)9-7-15-24(6)16-13-20(29-30-24)19(3)22(27)28/h9,19-20H,7-8,10-16H2,1-6H3,(H,27,28)/b17-9+/t19-,20+,24-/m1/s1. The van der Waals surface area contributed by atoms with Gasteiger partial charge in [-0.1, -0.05) is 25.5 Å². The van der Waals surface area contributed by atoms with Crippen molar-refractivity contribution >= 4 is 17.5 Å². The summed E-state index contributed by atoms with van der Waals surface area (Å²) in [4.78, 5) is 45.7. The van der Waals surface area contributed by atoms with Gasteiger partial charge in [-0.15, -0.1) is 0 Å². The molecule has 0 bridgehead atoms. The van der Waals surface area contributed by atoms with E-state index in [9.17, 15) is 14.4 Å². The van der Waals surface area contributed by atoms with Crippen molar-refractivity contribution in [2.45, 2.75) is 111 Å². The number of carbonyl (C=O) groups is 3. The Hall–Kier alpha value is -1.53. The normalized spacial score (nSPS) is 23.8. The van der Waals surface area contributed by atoms with Crippen molar-refractivity contribution in [2.24, 2.45) is 11.3 Å². The highest BCUT2D eigenvalue weighted by Gasteiger charge is 2.37. The van der Waals surface area contributed by atoms with Crippen LogP contribution in [0.15, 0.2) is 11.6 Å². The lowest BCUT2D eigenvalue weighted by atomic mass is 9.80. The van der Waals surface area contributed by atoms with E-state index >= 15 is 0 Å². The first kappa shape index (κ1) is 26.5. The summed E-state index contributed by atoms with van der Waals surface area (Å²) < 4.78 is 0. The molecule has 0 aromatic rings. The third-order valence-electron chi connectivity index (χ3n) is 6.28. The number of hydrogen-bond acceptors (Lipinski definition) is 5. The molecule has 6 heteroatoms. The summed E-state index contributed by atoms with van der Waals surface area (Å²) in [7, 11) is 0. The van der Waals surface area contributed by atoms with E-state index in [-0.39, 0.29) is 17.0 Å². The van der Waals surface area contributed by atoms with Crippen LogP contribution in [0.1, 0.15) is 99.3 Å². The van der Waals surface area contributed by atoms with Crippen molar-refractivity contribution < 1.29 is 29.3 Å². The number of Topliss-reactive ketones (excluding diaryl/α,β-unsaturated/α-hetero) is 2. The van der Waals surface area contributed by atoms with Gasteiger partial charge in [-0.05, 0) is 72.6 Å². The molecule has 6 nitrogen and oxygen atoms in total. The lowest BCUT2D eigenvalue weighted by molar-refractivity contribution is -0.411. The Balaban J connectivity index is 2.37. The molecule has 0 aromatic carbocycles. The molecule has 172 valence electrons. The highest BCUT2D eigenvalue weighted by Crippen LogP contribution is 2.33. The molecular formula is C24H40O6. The average molecular weight is 425 g/mol. The summed E-state index contributed by atoms with van der Waals surface area (Å²) in [5.41, 5.74) is 0.376. The monoisotopic (exact) mass is 424 g/mol. The lowest BCUT2D eigenvalue weighted by Gasteiger charge is -2.37. The molecule has 0 radical (unpaired) electrons. The number of carboxylic acid groups (broad SMARTS) is 1. The van der Waals surface area contributed by atoms with Crippen LogP contribution in [0.4, 0.5) is 0 Å². The van der Waals surface area contributed by atoms with Gasteiger partial charge < -0.3 is 9.90 Å². The Bertz CT molecular complexity index is 626. The van der Waals surface area contributed by atoms with Crippen LogP contribution in [0, 0.1) is 11.3 Å². The van der Waals surface area contributed by atoms with E-state index in [2.05, 4.69) is 6.08 Å². The van der Waals surface area contributed by atoms with E-state index in [1.807, 2.05) is 27.7 Å². The Labute approximate surface area is 181 Å². The van der Waals surface area contributed by atoms with E-state index in [0.717, 1.165) is 38.5 Å². The second kappa shape index (κ2) is 11.8. The van der Waals surface area contributed by atoms with E-state index < -0.39 is 23.6 Å². The number of hydrogen-bond donors (Lipinski definition) is 1. The summed E-state index contributed by atoms with van der Waals surface area (Å²) in [5, 5.41) is 9.09. The van der Waals surface area contributed by atoms with Gasteiger partial charge in [0.2, 0.25) is 0 Å². The van der Waals surface area contributed by atoms with Crippen LogP contribution in [-0.4, -0.2) is 34.3 Å². The molecule has 0 saturated carbocycles. The Kier molecular flexibility index (Phi) is 10.4. The quantitative estimate of drug-likeness (QED) is 0.313. The van der Waals surface area contributed by atoms with Crippen molar-refractivity contribution in [3.63, 3.8) is 0 Å². The third kappa shape index (κ3) is 9.09. The first-order valence-corrected chi connectivity index (χ1v) is 11.1. The van der Waals surface area contributed by atoms with Crippen LogP contribution in [0.25, 0.3) is 0 Å². The van der Waals surface area contributed by atoms with Gasteiger partial charge in [0.25, 0.3) is 0 Å². The van der Waals surface area contributed by atoms with Crippen LogP contribution in [-0.2, 0) is 24.2 Å². The molecule has 3 atom stereocenters. The number of aliphatic carboxylic acids is 1. The van der Waals surface area contributed by atoms with E-state index in [0.29, 0.717) is 19.3 Å². The van der Waals surface area contributed by atoms with Crippen molar-refractivity contribution in [3.8, 4) is 0 Å². The fraction of sp³-hybridized carbons (Fsp3) is 0.792. The number of ketones is 2. The van der Waals surface area contributed by atoms with Crippen LogP contribution in [0.3, 0.4) is 0 Å². The maximum Gasteiger partial charge on any atom is 0.308 e. The summed E-state index contributed by atoms with van der Waals surface area (Å²) >= 11 is 0. The highest BCUT2D eigenvalue weighted by molar-refractivity contribution is 5.84. The lowest BCUT2D eigenvalue weighted by Crippen LogP contribution is -2.41. The van der Waals surface area contributed by atoms with Gasteiger partial charge in [0.15, 0.2) is 0 Å². The van der Waals surface area contributed by atoms with Crippen LogP contribution >= 0.6 is 0 Å². The number of rotatable bonds is 13. The molecule has 1 aliphatic heterocycles. The Morgan fingerprint density at radius 1 is 1.20 bits per heavy atom. The van der Waals surface area contributed by atoms with Gasteiger partial charge >= 0.3 is 5.97 Å². The molecule has 1 heterocycles. The minimum absolute atomic E-state index is 0.171. The molecule has 1 aliphatic rings. The molecule has 0 aromatic heterocycles. The number of allylic oxidation sites excluding steroid dienone is 2. The van der Waals surface area contributed by atoms with Crippen LogP contribution in [0.2, 0.25) is 0 Å². The molecule has 1 rings (SSSR count). The van der Waals surface area contributed by atoms with Gasteiger partial charge in [0.1, 0.15) is 23.3 Å². The summed E-state index contributed by atoms with van der Waals surface area (Å²) in [6, 6.07) is 0. The molecule has 30 heavy (non-hydrogen) atoms. The molecule has 0 unspecified atom stereocenters. The third-order valence-corrected chi connectivity index (χ3v) is 6.28. The number of carbonyl (C=O) groups excluding carboxylic acids is 2. The van der Waals surface area contributed by atoms with Crippen molar-refractivity contribution in [1.29, 1.82) is 0 Å². The molecule has 0 aliphatic carbocycles. The zero-order valence-corrected chi connectivity index (χ0v) is 19.6. The van der Waals surface area contributed by atoms with Crippen molar-refractivity contribution in [1.82, 2.24) is 0 Å². The maximum absolute atomic E-state index is 12.6. The van der Waals surface area contributed by atoms with Crippen molar-refractivity contribution in [3.05, 3.63) is 11.6 Å². The van der Waals surface area contributed by atoms with E-state index in [4.69, 9.17) is 14.9 Å². The molecule has 1 fully saturated rings. The van der Waals surface area contributed by atoms with Gasteiger partial charge in [-0.2, -0.15) is 0 Å². The minimum Gasteiger partial charge on any atom is -0.481 e. The summed E-state index contributed by atoms with van der Waals surface area (Å²) in [6.45, 7) is 11.2. The predicted octanol–water partition coefficient (Wildman–Crippen LogP) is 5.44. The predicted molar refractivity (Wildman–Crippen MR) is 116 cm³/mol. The first-order valence-electron chi connectivity index (χ1n) is 11.1. The van der Waals surface area contributed by atoms with Crippen LogP contribution < -0.4 is 0 Å². The number of carboxylic acids is 1. The highest BCUT2D eigenvalue weighted by atomic mass is 17.2. The summed E-state index contributed by atoms with van der Waals surface area (Å²) in [5.74, 6) is -1.04. The van der Waals surface area contributed by atoms with E-state index in [1.165, 1.54) is 5.57 Å². The zero-order chi connectivity index (χ0) is 22.9. The summed E-state index contributed by atoms with van der Waals surface area (Å²) in [6.07, 6.45) is 8.06. The van der Waals surface area contributed by atoms with Gasteiger partial charge in [-0.25, -0.2) is 9.78 Å². The van der Waals surface area contributed by atoms with E-state index in [1.54, 1.807) is 13.8 Å². The fourth-order valence-corrected chi connectivity index (χ4v) is 3.67. The van der Waals surface area contributed by atoms with Gasteiger partial charge in [0.05, 0.1) is 5.92 Å². The Morgan fingerprint density at radius 2 is 1.87 bits per heavy atom. The minimum atomic E-state index is -0.873. The van der Waals surface area contributed by atoms with Gasteiger partial charge in [-0.3, -0.25) is 9.59 Å². The first-order chi connectivity index (χ1) is 13.9. The maximum atomic E-state index is 12.6.